The zero-order chi connectivity index (χ0) is 12.5. The molecule has 0 bridgehead atoms. The summed E-state index contributed by atoms with van der Waals surface area (Å²) >= 11 is 0. The van der Waals surface area contributed by atoms with Gasteiger partial charge in [-0.3, -0.25) is 4.79 Å². The molecule has 0 N–H and O–H groups in total. The molecular formula is C16H22O. The van der Waals surface area contributed by atoms with Gasteiger partial charge in [0.15, 0.2) is 0 Å². The summed E-state index contributed by atoms with van der Waals surface area (Å²) in [5.41, 5.74) is 2.66. The summed E-state index contributed by atoms with van der Waals surface area (Å²) in [5.74, 6) is 0.689. The first-order valence-electron chi connectivity index (χ1n) is 6.65. The number of ketones is 1. The normalized spacial score (nSPS) is 19.8. The van der Waals surface area contributed by atoms with Crippen LogP contribution in [0.15, 0.2) is 24.3 Å². The van der Waals surface area contributed by atoms with Crippen LogP contribution in [-0.4, -0.2) is 5.78 Å². The number of aryl methyl sites for hydroxylation is 1. The van der Waals surface area contributed by atoms with Crippen LogP contribution in [0.3, 0.4) is 0 Å². The Balaban J connectivity index is 2.15. The van der Waals surface area contributed by atoms with Crippen LogP contribution < -0.4 is 0 Å². The van der Waals surface area contributed by atoms with E-state index in [9.17, 15) is 4.79 Å². The molecule has 0 saturated heterocycles. The molecule has 0 heterocycles. The quantitative estimate of drug-likeness (QED) is 0.772. The molecule has 1 atom stereocenters. The van der Waals surface area contributed by atoms with Gasteiger partial charge in [0.05, 0.1) is 0 Å². The van der Waals surface area contributed by atoms with E-state index in [0.29, 0.717) is 5.78 Å². The molecule has 0 saturated carbocycles. The molecule has 1 unspecified atom stereocenters. The average molecular weight is 230 g/mol. The van der Waals surface area contributed by atoms with Gasteiger partial charge in [0.25, 0.3) is 0 Å². The Labute approximate surface area is 104 Å². The second kappa shape index (κ2) is 4.64. The number of Topliss-reactive ketones (excluding diaryl/α,β-unsaturated/α-hetero) is 1. The minimum atomic E-state index is -0.156. The van der Waals surface area contributed by atoms with Crippen LogP contribution in [0.1, 0.15) is 44.7 Å². The molecule has 17 heavy (non-hydrogen) atoms. The molecule has 1 aliphatic carbocycles. The first-order chi connectivity index (χ1) is 8.04. The lowest BCUT2D eigenvalue weighted by Gasteiger charge is -2.30. The van der Waals surface area contributed by atoms with Gasteiger partial charge in [0, 0.05) is 11.3 Å². The van der Waals surface area contributed by atoms with Crippen molar-refractivity contribution in [3.8, 4) is 0 Å². The van der Waals surface area contributed by atoms with Crippen molar-refractivity contribution < 1.29 is 4.79 Å². The van der Waals surface area contributed by atoms with E-state index in [-0.39, 0.29) is 11.3 Å². The highest BCUT2D eigenvalue weighted by molar-refractivity contribution is 5.86. The van der Waals surface area contributed by atoms with Crippen LogP contribution in [0, 0.1) is 11.3 Å². The Morgan fingerprint density at radius 3 is 2.59 bits per heavy atom. The Hall–Kier alpha value is -1.11. The summed E-state index contributed by atoms with van der Waals surface area (Å²) in [5, 5.41) is 0. The van der Waals surface area contributed by atoms with Crippen molar-refractivity contribution in [3.63, 3.8) is 0 Å². The van der Waals surface area contributed by atoms with Gasteiger partial charge >= 0.3 is 0 Å². The van der Waals surface area contributed by atoms with Crippen LogP contribution in [0.5, 0.6) is 0 Å². The van der Waals surface area contributed by atoms with Crippen molar-refractivity contribution in [2.75, 3.05) is 0 Å². The monoisotopic (exact) mass is 230 g/mol. The standard InChI is InChI=1S/C16H22O/c1-4-16(2,3)15(17)14-10-9-12-7-5-6-8-13(12)11-14/h5-8,14H,4,9-11H2,1-3H3. The van der Waals surface area contributed by atoms with E-state index in [1.54, 1.807) is 0 Å². The van der Waals surface area contributed by atoms with Crippen LogP contribution in [0.25, 0.3) is 0 Å². The predicted octanol–water partition coefficient (Wildman–Crippen LogP) is 3.80. The zero-order valence-electron chi connectivity index (χ0n) is 11.1. The summed E-state index contributed by atoms with van der Waals surface area (Å²) in [7, 11) is 0. The van der Waals surface area contributed by atoms with Gasteiger partial charge < -0.3 is 0 Å². The molecule has 0 aromatic heterocycles. The van der Waals surface area contributed by atoms with Gasteiger partial charge in [-0.15, -0.1) is 0 Å². The number of carbonyl (C=O) groups is 1. The second-order valence-electron chi connectivity index (χ2n) is 5.81. The number of benzene rings is 1. The smallest absolute Gasteiger partial charge is 0.141 e. The van der Waals surface area contributed by atoms with Gasteiger partial charge in [0.1, 0.15) is 5.78 Å². The summed E-state index contributed by atoms with van der Waals surface area (Å²) < 4.78 is 0. The van der Waals surface area contributed by atoms with Crippen molar-refractivity contribution in [3.05, 3.63) is 35.4 Å². The highest BCUT2D eigenvalue weighted by atomic mass is 16.1. The molecule has 1 aliphatic rings. The first kappa shape index (κ1) is 12.3. The maximum Gasteiger partial charge on any atom is 0.141 e. The van der Waals surface area contributed by atoms with Crippen molar-refractivity contribution in [2.24, 2.45) is 11.3 Å². The molecule has 0 amide bonds. The second-order valence-corrected chi connectivity index (χ2v) is 5.81. The lowest BCUT2D eigenvalue weighted by Crippen LogP contribution is -2.33. The van der Waals surface area contributed by atoms with E-state index >= 15 is 0 Å². The van der Waals surface area contributed by atoms with Crippen LogP contribution in [0.4, 0.5) is 0 Å². The Morgan fingerprint density at radius 2 is 1.94 bits per heavy atom. The number of fused-ring (bicyclic) bond motifs is 1. The molecule has 92 valence electrons. The molecular weight excluding hydrogens is 208 g/mol. The molecule has 1 aromatic carbocycles. The Morgan fingerprint density at radius 1 is 1.29 bits per heavy atom. The average Bonchev–Trinajstić information content (AvgIpc) is 2.37. The number of hydrogen-bond donors (Lipinski definition) is 0. The fraction of sp³-hybridized carbons (Fsp3) is 0.562. The van der Waals surface area contributed by atoms with Crippen LogP contribution in [-0.2, 0) is 17.6 Å². The molecule has 0 spiro atoms. The maximum atomic E-state index is 12.5. The lowest BCUT2D eigenvalue weighted by atomic mass is 9.72. The Kier molecular flexibility index (Phi) is 3.37. The van der Waals surface area contributed by atoms with E-state index in [0.717, 1.165) is 25.7 Å². The summed E-state index contributed by atoms with van der Waals surface area (Å²) in [6, 6.07) is 8.54. The highest BCUT2D eigenvalue weighted by Gasteiger charge is 2.33. The summed E-state index contributed by atoms with van der Waals surface area (Å²) in [4.78, 5) is 12.5. The minimum absolute atomic E-state index is 0.156. The van der Waals surface area contributed by atoms with E-state index in [2.05, 4.69) is 45.0 Å². The topological polar surface area (TPSA) is 17.1 Å². The lowest BCUT2D eigenvalue weighted by molar-refractivity contribution is -0.131. The largest absolute Gasteiger partial charge is 0.299 e. The third-order valence-electron chi connectivity index (χ3n) is 4.27. The molecule has 0 fully saturated rings. The van der Waals surface area contributed by atoms with E-state index in [4.69, 9.17) is 0 Å². The van der Waals surface area contributed by atoms with E-state index in [1.165, 1.54) is 11.1 Å². The van der Waals surface area contributed by atoms with Crippen molar-refractivity contribution in [1.82, 2.24) is 0 Å². The fourth-order valence-corrected chi connectivity index (χ4v) is 2.65. The van der Waals surface area contributed by atoms with Gasteiger partial charge in [0.2, 0.25) is 0 Å². The zero-order valence-corrected chi connectivity index (χ0v) is 11.1. The first-order valence-corrected chi connectivity index (χ1v) is 6.65. The third kappa shape index (κ3) is 2.43. The molecule has 0 aliphatic heterocycles. The van der Waals surface area contributed by atoms with Gasteiger partial charge in [-0.1, -0.05) is 45.0 Å². The summed E-state index contributed by atoms with van der Waals surface area (Å²) in [6.45, 7) is 6.26. The van der Waals surface area contributed by atoms with Crippen molar-refractivity contribution >= 4 is 5.78 Å². The Bertz CT molecular complexity index is 417. The highest BCUT2D eigenvalue weighted by Crippen LogP contribution is 2.33. The fourth-order valence-electron chi connectivity index (χ4n) is 2.65. The van der Waals surface area contributed by atoms with Crippen LogP contribution >= 0.6 is 0 Å². The molecule has 1 nitrogen and oxygen atoms in total. The minimum Gasteiger partial charge on any atom is -0.299 e. The number of carbonyl (C=O) groups excluding carboxylic acids is 1. The number of hydrogen-bond acceptors (Lipinski definition) is 1. The van der Waals surface area contributed by atoms with E-state index in [1.807, 2.05) is 0 Å². The van der Waals surface area contributed by atoms with E-state index < -0.39 is 0 Å². The van der Waals surface area contributed by atoms with Crippen LogP contribution in [0.2, 0.25) is 0 Å². The summed E-state index contributed by atoms with van der Waals surface area (Å²) in [6.07, 6.45) is 3.97. The van der Waals surface area contributed by atoms with Gasteiger partial charge in [-0.05, 0) is 36.8 Å². The molecule has 1 aromatic rings. The third-order valence-corrected chi connectivity index (χ3v) is 4.27. The van der Waals surface area contributed by atoms with Gasteiger partial charge in [-0.2, -0.15) is 0 Å². The number of rotatable bonds is 3. The SMILES string of the molecule is CCC(C)(C)C(=O)C1CCc2ccccc2C1. The molecule has 0 radical (unpaired) electrons. The molecule has 2 rings (SSSR count). The van der Waals surface area contributed by atoms with Crippen molar-refractivity contribution in [2.45, 2.75) is 46.5 Å². The molecule has 1 heteroatoms. The maximum absolute atomic E-state index is 12.5. The van der Waals surface area contributed by atoms with Gasteiger partial charge in [-0.25, -0.2) is 0 Å². The van der Waals surface area contributed by atoms with Crippen molar-refractivity contribution in [1.29, 1.82) is 0 Å². The predicted molar refractivity (Wildman–Crippen MR) is 71.0 cm³/mol.